The van der Waals surface area contributed by atoms with Gasteiger partial charge in [-0.25, -0.2) is 0 Å². The Bertz CT molecular complexity index is 681. The van der Waals surface area contributed by atoms with Crippen LogP contribution >= 0.6 is 0 Å². The van der Waals surface area contributed by atoms with E-state index in [2.05, 4.69) is 11.2 Å². The standard InChI is InChI=1S/C18H17NO2/c1-4-11-21-16-8-6-15(7-9-16)18(20)19-17-10-5-13(2)12-14(17)3/h1,5-10,12H,11H2,2-3H3,(H,19,20). The second-order valence-corrected chi connectivity index (χ2v) is 4.79. The third-order valence-electron chi connectivity index (χ3n) is 3.07. The molecule has 0 atom stereocenters. The molecular formula is C18H17NO2. The maximum absolute atomic E-state index is 12.2. The summed E-state index contributed by atoms with van der Waals surface area (Å²) in [7, 11) is 0. The maximum Gasteiger partial charge on any atom is 0.255 e. The average Bonchev–Trinajstić information content (AvgIpc) is 2.48. The fourth-order valence-electron chi connectivity index (χ4n) is 1.98. The van der Waals surface area contributed by atoms with Crippen LogP contribution in [0.2, 0.25) is 0 Å². The number of carbonyl (C=O) groups excluding carboxylic acids is 1. The summed E-state index contributed by atoms with van der Waals surface area (Å²) in [5.74, 6) is 2.90. The molecule has 0 fully saturated rings. The number of benzene rings is 2. The zero-order chi connectivity index (χ0) is 15.2. The lowest BCUT2D eigenvalue weighted by molar-refractivity contribution is 0.102. The lowest BCUT2D eigenvalue weighted by Gasteiger charge is -2.09. The van der Waals surface area contributed by atoms with Crippen molar-refractivity contribution < 1.29 is 9.53 Å². The van der Waals surface area contributed by atoms with Gasteiger partial charge in [0.1, 0.15) is 12.4 Å². The SMILES string of the molecule is C#CCOc1ccc(C(=O)Nc2ccc(C)cc2C)cc1. The molecule has 0 heterocycles. The summed E-state index contributed by atoms with van der Waals surface area (Å²) in [6, 6.07) is 12.8. The Morgan fingerprint density at radius 2 is 1.90 bits per heavy atom. The Hall–Kier alpha value is -2.73. The molecular weight excluding hydrogens is 262 g/mol. The third-order valence-corrected chi connectivity index (χ3v) is 3.07. The number of anilines is 1. The Kier molecular flexibility index (Phi) is 4.63. The normalized spacial score (nSPS) is 9.76. The van der Waals surface area contributed by atoms with Crippen LogP contribution in [0.4, 0.5) is 5.69 Å². The summed E-state index contributed by atoms with van der Waals surface area (Å²) < 4.78 is 5.27. The largest absolute Gasteiger partial charge is 0.481 e. The van der Waals surface area contributed by atoms with E-state index in [0.29, 0.717) is 11.3 Å². The van der Waals surface area contributed by atoms with Crippen molar-refractivity contribution in [2.45, 2.75) is 13.8 Å². The van der Waals surface area contributed by atoms with Crippen molar-refractivity contribution in [2.75, 3.05) is 11.9 Å². The van der Waals surface area contributed by atoms with Gasteiger partial charge in [0.25, 0.3) is 5.91 Å². The van der Waals surface area contributed by atoms with E-state index in [1.807, 2.05) is 32.0 Å². The fraction of sp³-hybridized carbons (Fsp3) is 0.167. The van der Waals surface area contributed by atoms with Crippen molar-refractivity contribution in [1.29, 1.82) is 0 Å². The van der Waals surface area contributed by atoms with Crippen LogP contribution < -0.4 is 10.1 Å². The number of nitrogens with one attached hydrogen (secondary N) is 1. The predicted molar refractivity (Wildman–Crippen MR) is 84.6 cm³/mol. The zero-order valence-corrected chi connectivity index (χ0v) is 12.1. The van der Waals surface area contributed by atoms with Crippen LogP contribution in [0.25, 0.3) is 0 Å². The molecule has 2 rings (SSSR count). The monoisotopic (exact) mass is 279 g/mol. The van der Waals surface area contributed by atoms with Gasteiger partial charge in [0, 0.05) is 11.3 Å². The van der Waals surface area contributed by atoms with Crippen molar-refractivity contribution in [2.24, 2.45) is 0 Å². The molecule has 0 spiro atoms. The first kappa shape index (κ1) is 14.7. The number of carbonyl (C=O) groups is 1. The van der Waals surface area contributed by atoms with Crippen LogP contribution in [0.3, 0.4) is 0 Å². The first-order valence-electron chi connectivity index (χ1n) is 6.65. The van der Waals surface area contributed by atoms with E-state index >= 15 is 0 Å². The number of hydrogen-bond donors (Lipinski definition) is 1. The summed E-state index contributed by atoms with van der Waals surface area (Å²) in [4.78, 5) is 12.2. The Balaban J connectivity index is 2.08. The van der Waals surface area contributed by atoms with E-state index in [9.17, 15) is 4.79 Å². The first-order valence-corrected chi connectivity index (χ1v) is 6.65. The molecule has 3 heteroatoms. The molecule has 0 aliphatic heterocycles. The summed E-state index contributed by atoms with van der Waals surface area (Å²) in [6.45, 7) is 4.21. The summed E-state index contributed by atoms with van der Waals surface area (Å²) in [6.07, 6.45) is 5.13. The molecule has 0 aliphatic rings. The molecule has 1 N–H and O–H groups in total. The molecule has 3 nitrogen and oxygen atoms in total. The molecule has 0 saturated carbocycles. The van der Waals surface area contributed by atoms with Gasteiger partial charge < -0.3 is 10.1 Å². The minimum Gasteiger partial charge on any atom is -0.481 e. The van der Waals surface area contributed by atoms with Gasteiger partial charge in [0.05, 0.1) is 0 Å². The smallest absolute Gasteiger partial charge is 0.255 e. The van der Waals surface area contributed by atoms with Gasteiger partial charge >= 0.3 is 0 Å². The lowest BCUT2D eigenvalue weighted by atomic mass is 10.1. The quantitative estimate of drug-likeness (QED) is 0.869. The van der Waals surface area contributed by atoms with E-state index in [1.165, 1.54) is 5.56 Å². The van der Waals surface area contributed by atoms with Gasteiger partial charge in [0.2, 0.25) is 0 Å². The van der Waals surface area contributed by atoms with Crippen LogP contribution in [0.1, 0.15) is 21.5 Å². The molecule has 21 heavy (non-hydrogen) atoms. The highest BCUT2D eigenvalue weighted by Gasteiger charge is 2.08. The van der Waals surface area contributed by atoms with Crippen LogP contribution in [0.15, 0.2) is 42.5 Å². The van der Waals surface area contributed by atoms with E-state index in [0.717, 1.165) is 11.3 Å². The average molecular weight is 279 g/mol. The molecule has 0 bridgehead atoms. The van der Waals surface area contributed by atoms with Gasteiger partial charge in [-0.2, -0.15) is 0 Å². The molecule has 0 aromatic heterocycles. The highest BCUT2D eigenvalue weighted by Crippen LogP contribution is 2.18. The van der Waals surface area contributed by atoms with Crippen LogP contribution in [-0.4, -0.2) is 12.5 Å². The molecule has 0 unspecified atom stereocenters. The molecule has 2 aromatic carbocycles. The number of terminal acetylenes is 1. The molecule has 0 radical (unpaired) electrons. The highest BCUT2D eigenvalue weighted by atomic mass is 16.5. The van der Waals surface area contributed by atoms with Gasteiger partial charge in [-0.3, -0.25) is 4.79 Å². The van der Waals surface area contributed by atoms with Crippen molar-refractivity contribution >= 4 is 11.6 Å². The summed E-state index contributed by atoms with van der Waals surface area (Å²) in [5.41, 5.74) is 3.60. The minimum absolute atomic E-state index is 0.148. The van der Waals surface area contributed by atoms with E-state index in [4.69, 9.17) is 11.2 Å². The Morgan fingerprint density at radius 3 is 2.52 bits per heavy atom. The predicted octanol–water partition coefficient (Wildman–Crippen LogP) is 3.57. The van der Waals surface area contributed by atoms with Crippen LogP contribution in [0, 0.1) is 26.2 Å². The van der Waals surface area contributed by atoms with Crippen molar-refractivity contribution in [3.05, 3.63) is 59.2 Å². The lowest BCUT2D eigenvalue weighted by Crippen LogP contribution is -2.12. The van der Waals surface area contributed by atoms with Crippen LogP contribution in [-0.2, 0) is 0 Å². The number of amides is 1. The topological polar surface area (TPSA) is 38.3 Å². The van der Waals surface area contributed by atoms with E-state index in [-0.39, 0.29) is 12.5 Å². The zero-order valence-electron chi connectivity index (χ0n) is 12.1. The van der Waals surface area contributed by atoms with E-state index < -0.39 is 0 Å². The number of hydrogen-bond acceptors (Lipinski definition) is 2. The summed E-state index contributed by atoms with van der Waals surface area (Å²) >= 11 is 0. The minimum atomic E-state index is -0.148. The fourth-order valence-corrected chi connectivity index (χ4v) is 1.98. The van der Waals surface area contributed by atoms with Crippen molar-refractivity contribution in [3.8, 4) is 18.1 Å². The van der Waals surface area contributed by atoms with Gasteiger partial charge in [-0.1, -0.05) is 23.6 Å². The van der Waals surface area contributed by atoms with E-state index in [1.54, 1.807) is 24.3 Å². The number of ether oxygens (including phenoxy) is 1. The van der Waals surface area contributed by atoms with Crippen molar-refractivity contribution in [3.63, 3.8) is 0 Å². The second-order valence-electron chi connectivity index (χ2n) is 4.79. The van der Waals surface area contributed by atoms with Crippen LogP contribution in [0.5, 0.6) is 5.75 Å². The van der Waals surface area contributed by atoms with Gasteiger partial charge in [0.15, 0.2) is 0 Å². The maximum atomic E-state index is 12.2. The Morgan fingerprint density at radius 1 is 1.19 bits per heavy atom. The molecule has 0 aliphatic carbocycles. The summed E-state index contributed by atoms with van der Waals surface area (Å²) in [5, 5.41) is 2.90. The number of aryl methyl sites for hydroxylation is 2. The first-order chi connectivity index (χ1) is 10.1. The second kappa shape index (κ2) is 6.62. The third kappa shape index (κ3) is 3.87. The molecule has 106 valence electrons. The van der Waals surface area contributed by atoms with Gasteiger partial charge in [-0.05, 0) is 49.7 Å². The number of rotatable bonds is 4. The Labute approximate surface area is 125 Å². The van der Waals surface area contributed by atoms with Crippen molar-refractivity contribution in [1.82, 2.24) is 0 Å². The molecule has 2 aromatic rings. The highest BCUT2D eigenvalue weighted by molar-refractivity contribution is 6.04. The van der Waals surface area contributed by atoms with Gasteiger partial charge in [-0.15, -0.1) is 6.42 Å². The molecule has 0 saturated heterocycles. The molecule has 1 amide bonds.